The molecule has 1 saturated carbocycles. The highest BCUT2D eigenvalue weighted by Gasteiger charge is 2.39. The number of carbonyl (C=O) groups excluding carboxylic acids is 1. The van der Waals surface area contributed by atoms with Crippen LogP contribution in [-0.2, 0) is 27.1 Å². The Morgan fingerprint density at radius 3 is 2.32 bits per heavy atom. The number of benzene rings is 2. The molecule has 1 saturated heterocycles. The van der Waals surface area contributed by atoms with Crippen molar-refractivity contribution < 1.29 is 17.6 Å². The lowest BCUT2D eigenvalue weighted by Gasteiger charge is -2.34. The Kier molecular flexibility index (Phi) is 6.65. The van der Waals surface area contributed by atoms with E-state index in [0.29, 0.717) is 36.5 Å². The van der Waals surface area contributed by atoms with E-state index in [0.717, 1.165) is 18.4 Å². The summed E-state index contributed by atoms with van der Waals surface area (Å²) < 4.78 is 41.3. The van der Waals surface area contributed by atoms with Gasteiger partial charge in [0.05, 0.1) is 12.3 Å². The zero-order valence-electron chi connectivity index (χ0n) is 17.2. The van der Waals surface area contributed by atoms with Crippen molar-refractivity contribution >= 4 is 27.5 Å². The SMILES string of the molecule is O=C(C1CCN(S(=O)(=O)Cc2ccccc2)CC1)N(Cc1c(F)cccc1Cl)C1CC1. The van der Waals surface area contributed by atoms with Crippen molar-refractivity contribution in [3.8, 4) is 0 Å². The molecular formula is C23H26ClFN2O3S. The van der Waals surface area contributed by atoms with Gasteiger partial charge in [-0.15, -0.1) is 0 Å². The zero-order chi connectivity index (χ0) is 22.0. The zero-order valence-corrected chi connectivity index (χ0v) is 18.8. The van der Waals surface area contributed by atoms with Gasteiger partial charge in [0, 0.05) is 35.6 Å². The minimum Gasteiger partial charge on any atom is -0.335 e. The van der Waals surface area contributed by atoms with Crippen molar-refractivity contribution in [3.05, 3.63) is 70.5 Å². The Bertz CT molecular complexity index is 1020. The Hall–Kier alpha value is -1.96. The number of amides is 1. The first-order valence-corrected chi connectivity index (χ1v) is 12.6. The molecule has 1 amide bonds. The third-order valence-electron chi connectivity index (χ3n) is 6.05. The van der Waals surface area contributed by atoms with E-state index in [1.165, 1.54) is 10.4 Å². The molecule has 31 heavy (non-hydrogen) atoms. The first kappa shape index (κ1) is 22.2. The molecule has 5 nitrogen and oxygen atoms in total. The van der Waals surface area contributed by atoms with Gasteiger partial charge >= 0.3 is 0 Å². The van der Waals surface area contributed by atoms with Gasteiger partial charge in [-0.1, -0.05) is 48.0 Å². The molecular weight excluding hydrogens is 439 g/mol. The number of halogens is 2. The summed E-state index contributed by atoms with van der Waals surface area (Å²) in [6, 6.07) is 13.8. The largest absolute Gasteiger partial charge is 0.335 e. The summed E-state index contributed by atoms with van der Waals surface area (Å²) in [6.07, 6.45) is 2.76. The van der Waals surface area contributed by atoms with Gasteiger partial charge < -0.3 is 4.90 Å². The first-order valence-electron chi connectivity index (χ1n) is 10.6. The van der Waals surface area contributed by atoms with Crippen LogP contribution < -0.4 is 0 Å². The number of sulfonamides is 1. The molecule has 2 aliphatic rings. The van der Waals surface area contributed by atoms with Crippen LogP contribution in [0.15, 0.2) is 48.5 Å². The smallest absolute Gasteiger partial charge is 0.226 e. The van der Waals surface area contributed by atoms with Crippen LogP contribution >= 0.6 is 11.6 Å². The Labute approximate surface area is 187 Å². The van der Waals surface area contributed by atoms with E-state index in [2.05, 4.69) is 0 Å². The summed E-state index contributed by atoms with van der Waals surface area (Å²) >= 11 is 6.17. The summed E-state index contributed by atoms with van der Waals surface area (Å²) in [4.78, 5) is 15.0. The average Bonchev–Trinajstić information content (AvgIpc) is 3.59. The summed E-state index contributed by atoms with van der Waals surface area (Å²) in [6.45, 7) is 0.802. The van der Waals surface area contributed by atoms with E-state index in [-0.39, 0.29) is 30.2 Å². The molecule has 2 aromatic carbocycles. The molecule has 1 heterocycles. The fraction of sp³-hybridized carbons (Fsp3) is 0.435. The summed E-state index contributed by atoms with van der Waals surface area (Å²) in [5.41, 5.74) is 1.09. The first-order chi connectivity index (χ1) is 14.8. The van der Waals surface area contributed by atoms with Crippen molar-refractivity contribution in [2.24, 2.45) is 5.92 Å². The number of rotatable bonds is 7. The van der Waals surface area contributed by atoms with Crippen LogP contribution in [0.2, 0.25) is 5.02 Å². The molecule has 0 unspecified atom stereocenters. The topological polar surface area (TPSA) is 57.7 Å². The Morgan fingerprint density at radius 2 is 1.71 bits per heavy atom. The Morgan fingerprint density at radius 1 is 1.03 bits per heavy atom. The third kappa shape index (κ3) is 5.27. The Balaban J connectivity index is 1.40. The standard InChI is InChI=1S/C23H26ClFN2O3S/c24-21-7-4-8-22(25)20(21)15-27(19-9-10-19)23(28)18-11-13-26(14-12-18)31(29,30)16-17-5-2-1-3-6-17/h1-8,18-19H,9-16H2. The van der Waals surface area contributed by atoms with E-state index in [1.807, 2.05) is 18.2 Å². The summed E-state index contributed by atoms with van der Waals surface area (Å²) in [5.74, 6) is -0.726. The highest BCUT2D eigenvalue weighted by molar-refractivity contribution is 7.88. The van der Waals surface area contributed by atoms with Crippen LogP contribution in [0.1, 0.15) is 36.8 Å². The lowest BCUT2D eigenvalue weighted by molar-refractivity contribution is -0.138. The maximum atomic E-state index is 14.3. The molecule has 0 N–H and O–H groups in total. The van der Waals surface area contributed by atoms with Gasteiger partial charge in [-0.05, 0) is 43.4 Å². The van der Waals surface area contributed by atoms with Gasteiger partial charge in [0.25, 0.3) is 0 Å². The molecule has 1 aliphatic heterocycles. The van der Waals surface area contributed by atoms with Crippen LogP contribution in [0.25, 0.3) is 0 Å². The minimum absolute atomic E-state index is 0.0260. The van der Waals surface area contributed by atoms with Gasteiger partial charge in [0.1, 0.15) is 5.82 Å². The van der Waals surface area contributed by atoms with Gasteiger partial charge in [-0.3, -0.25) is 4.79 Å². The van der Waals surface area contributed by atoms with E-state index in [4.69, 9.17) is 11.6 Å². The van der Waals surface area contributed by atoms with E-state index in [1.54, 1.807) is 29.2 Å². The van der Waals surface area contributed by atoms with Crippen LogP contribution in [0.4, 0.5) is 4.39 Å². The second-order valence-corrected chi connectivity index (χ2v) is 10.7. The molecule has 0 atom stereocenters. The van der Waals surface area contributed by atoms with Crippen LogP contribution in [0, 0.1) is 11.7 Å². The number of hydrogen-bond donors (Lipinski definition) is 0. The molecule has 0 radical (unpaired) electrons. The minimum atomic E-state index is -3.43. The number of hydrogen-bond acceptors (Lipinski definition) is 3. The number of nitrogens with zero attached hydrogens (tertiary/aromatic N) is 2. The van der Waals surface area contributed by atoms with Crippen molar-refractivity contribution in [2.75, 3.05) is 13.1 Å². The highest BCUT2D eigenvalue weighted by Crippen LogP contribution is 2.34. The van der Waals surface area contributed by atoms with E-state index in [9.17, 15) is 17.6 Å². The number of piperidine rings is 1. The van der Waals surface area contributed by atoms with Crippen molar-refractivity contribution in [2.45, 2.75) is 44.0 Å². The fourth-order valence-corrected chi connectivity index (χ4v) is 5.90. The second kappa shape index (κ2) is 9.27. The summed E-state index contributed by atoms with van der Waals surface area (Å²) in [5, 5.41) is 0.320. The van der Waals surface area contributed by atoms with Crippen LogP contribution in [0.5, 0.6) is 0 Å². The third-order valence-corrected chi connectivity index (χ3v) is 8.25. The van der Waals surface area contributed by atoms with Crippen LogP contribution in [-0.4, -0.2) is 42.7 Å². The monoisotopic (exact) mass is 464 g/mol. The van der Waals surface area contributed by atoms with E-state index < -0.39 is 15.8 Å². The molecule has 2 aromatic rings. The maximum Gasteiger partial charge on any atom is 0.226 e. The molecule has 4 rings (SSSR count). The molecule has 166 valence electrons. The highest BCUT2D eigenvalue weighted by atomic mass is 35.5. The predicted octanol–water partition coefficient (Wildman–Crippen LogP) is 4.21. The lowest BCUT2D eigenvalue weighted by Crippen LogP contribution is -2.45. The van der Waals surface area contributed by atoms with Gasteiger partial charge in [-0.25, -0.2) is 17.1 Å². The molecule has 2 fully saturated rings. The lowest BCUT2D eigenvalue weighted by atomic mass is 9.96. The molecule has 0 bridgehead atoms. The molecule has 0 spiro atoms. The van der Waals surface area contributed by atoms with Gasteiger partial charge in [0.15, 0.2) is 0 Å². The van der Waals surface area contributed by atoms with Gasteiger partial charge in [0.2, 0.25) is 15.9 Å². The second-order valence-electron chi connectivity index (χ2n) is 8.31. The molecule has 0 aromatic heterocycles. The van der Waals surface area contributed by atoms with Crippen molar-refractivity contribution in [1.82, 2.24) is 9.21 Å². The number of carbonyl (C=O) groups is 1. The maximum absolute atomic E-state index is 14.3. The quantitative estimate of drug-likeness (QED) is 0.616. The fourth-order valence-electron chi connectivity index (χ4n) is 4.12. The average molecular weight is 465 g/mol. The van der Waals surface area contributed by atoms with Crippen molar-refractivity contribution in [1.29, 1.82) is 0 Å². The van der Waals surface area contributed by atoms with E-state index >= 15 is 0 Å². The predicted molar refractivity (Wildman–Crippen MR) is 118 cm³/mol. The molecule has 1 aliphatic carbocycles. The van der Waals surface area contributed by atoms with Crippen molar-refractivity contribution in [3.63, 3.8) is 0 Å². The summed E-state index contributed by atoms with van der Waals surface area (Å²) in [7, 11) is -3.43. The van der Waals surface area contributed by atoms with Gasteiger partial charge in [-0.2, -0.15) is 0 Å². The normalized spacial score (nSPS) is 18.1. The molecule has 8 heteroatoms. The van der Waals surface area contributed by atoms with Crippen LogP contribution in [0.3, 0.4) is 0 Å².